The Balaban J connectivity index is 1.67. The fourth-order valence-electron chi connectivity index (χ4n) is 7.40. The lowest BCUT2D eigenvalue weighted by molar-refractivity contribution is -0.140. The number of benzene rings is 5. The Morgan fingerprint density at radius 3 is 2.13 bits per heavy atom. The number of hydrogen-bond acceptors (Lipinski definition) is 10. The summed E-state index contributed by atoms with van der Waals surface area (Å²) in [5, 5.41) is 6.43. The number of oxime groups is 1. The number of halogens is 3. The van der Waals surface area contributed by atoms with Crippen molar-refractivity contribution in [3.8, 4) is 5.75 Å². The molecule has 1 atom stereocenters. The van der Waals surface area contributed by atoms with Gasteiger partial charge in [0.05, 0.1) is 31.4 Å². The normalized spacial score (nSPS) is 13.1. The summed E-state index contributed by atoms with van der Waals surface area (Å²) in [7, 11) is -4.50. The van der Waals surface area contributed by atoms with Crippen LogP contribution in [0.4, 0.5) is 13.2 Å². The first-order valence-corrected chi connectivity index (χ1v) is 20.5. The number of nitrogens with zero attached hydrogens (tertiary/aromatic N) is 2. The second-order valence-corrected chi connectivity index (χ2v) is 16.2. The van der Waals surface area contributed by atoms with Crippen LogP contribution in [-0.2, 0) is 40.0 Å². The lowest BCUT2D eigenvalue weighted by Crippen LogP contribution is -2.35. The summed E-state index contributed by atoms with van der Waals surface area (Å²) in [5.41, 5.74) is -0.0955. The van der Waals surface area contributed by atoms with E-state index in [1.807, 2.05) is 32.9 Å². The zero-order valence-electron chi connectivity index (χ0n) is 34.2. The molecule has 6 rings (SSSR count). The predicted molar refractivity (Wildman–Crippen MR) is 223 cm³/mol. The molecule has 316 valence electrons. The fraction of sp³-hybridized carbons (Fsp3) is 0.311. The molecule has 0 radical (unpaired) electrons. The van der Waals surface area contributed by atoms with Crippen molar-refractivity contribution < 1.29 is 54.4 Å². The van der Waals surface area contributed by atoms with E-state index in [-0.39, 0.29) is 18.1 Å². The maximum absolute atomic E-state index is 14.7. The average Bonchev–Trinajstić information content (AvgIpc) is 3.48. The van der Waals surface area contributed by atoms with Gasteiger partial charge in [-0.25, -0.2) is 4.79 Å². The number of methoxy groups -OCH3 is 1. The van der Waals surface area contributed by atoms with Crippen LogP contribution in [-0.4, -0.2) is 75.1 Å². The summed E-state index contributed by atoms with van der Waals surface area (Å²) in [4.78, 5) is 32.0. The molecule has 0 N–H and O–H groups in total. The van der Waals surface area contributed by atoms with Gasteiger partial charge >= 0.3 is 21.6 Å². The third-order valence-corrected chi connectivity index (χ3v) is 10.9. The monoisotopic (exact) mass is 846 g/mol. The summed E-state index contributed by atoms with van der Waals surface area (Å²) in [6.07, 6.45) is -2.10. The van der Waals surface area contributed by atoms with Gasteiger partial charge in [0, 0.05) is 58.0 Å². The van der Waals surface area contributed by atoms with Crippen LogP contribution < -0.4 is 4.74 Å². The first-order valence-electron chi connectivity index (χ1n) is 19.1. The van der Waals surface area contributed by atoms with Gasteiger partial charge in [-0.05, 0) is 81.5 Å². The van der Waals surface area contributed by atoms with Crippen LogP contribution in [0.3, 0.4) is 0 Å². The molecule has 0 aliphatic heterocycles. The molecule has 0 saturated carbocycles. The summed E-state index contributed by atoms with van der Waals surface area (Å²) < 4.78 is 89.6. The van der Waals surface area contributed by atoms with Crippen LogP contribution in [0.15, 0.2) is 90.1 Å². The Kier molecular flexibility index (Phi) is 13.1. The molecule has 6 aromatic rings. The number of rotatable bonds is 16. The zero-order chi connectivity index (χ0) is 43.5. The molecule has 1 unspecified atom stereocenters. The number of alkyl halides is 3. The second kappa shape index (κ2) is 17.9. The molecule has 0 spiro atoms. The van der Waals surface area contributed by atoms with Gasteiger partial charge < -0.3 is 23.6 Å². The van der Waals surface area contributed by atoms with E-state index in [0.29, 0.717) is 67.2 Å². The highest BCUT2D eigenvalue weighted by Crippen LogP contribution is 2.39. The summed E-state index contributed by atoms with van der Waals surface area (Å²) >= 11 is 0. The van der Waals surface area contributed by atoms with Gasteiger partial charge in [-0.3, -0.25) is 8.98 Å². The molecular weight excluding hydrogens is 802 g/mol. The minimum Gasteiger partial charge on any atom is -0.490 e. The van der Waals surface area contributed by atoms with E-state index < -0.39 is 47.0 Å². The third kappa shape index (κ3) is 9.24. The molecule has 0 amide bonds. The van der Waals surface area contributed by atoms with Gasteiger partial charge in [-0.2, -0.15) is 21.6 Å². The second-order valence-electron chi connectivity index (χ2n) is 14.7. The first-order chi connectivity index (χ1) is 28.4. The molecule has 1 heterocycles. The van der Waals surface area contributed by atoms with Crippen molar-refractivity contribution in [3.63, 3.8) is 0 Å². The predicted octanol–water partition coefficient (Wildman–Crippen LogP) is 9.10. The van der Waals surface area contributed by atoms with Gasteiger partial charge in [0.2, 0.25) is 0 Å². The van der Waals surface area contributed by atoms with Crippen molar-refractivity contribution in [2.45, 2.75) is 65.8 Å². The number of hydrogen-bond donors (Lipinski definition) is 0. The minimum absolute atomic E-state index is 0.207. The third-order valence-electron chi connectivity index (χ3n) is 9.79. The number of aryl methyl sites for hydroxylation is 3. The highest BCUT2D eigenvalue weighted by molar-refractivity contribution is 7.87. The summed E-state index contributed by atoms with van der Waals surface area (Å²) in [6, 6.07) is 24.9. The molecule has 60 heavy (non-hydrogen) atoms. The average molecular weight is 847 g/mol. The van der Waals surface area contributed by atoms with Crippen LogP contribution >= 0.6 is 0 Å². The molecule has 0 fully saturated rings. The van der Waals surface area contributed by atoms with Crippen LogP contribution in [0.25, 0.3) is 32.6 Å². The Hall–Kier alpha value is -5.61. The number of ether oxygens (including phenoxy) is 3. The number of aromatic nitrogens is 1. The Morgan fingerprint density at radius 2 is 1.48 bits per heavy atom. The maximum Gasteiger partial charge on any atom is 0.523 e. The van der Waals surface area contributed by atoms with Crippen LogP contribution in [0, 0.1) is 20.8 Å². The van der Waals surface area contributed by atoms with E-state index in [2.05, 4.69) is 5.16 Å². The first kappa shape index (κ1) is 44.0. The SMILES string of the molecule is COCCOc1ccccc1C(=NOC(C)=O)c1ccc2c(c1)c1cc(C(=O)c3c(C)cc(C)cc3C)c3ccccc3c1n2CC(COC(C)C)OS(=O)(=O)C(F)(F)F. The molecule has 1 aromatic heterocycles. The standard InChI is InChI=1S/C45H45F3N2O9S/c1-26(2)57-25-32(59-60(53,54)45(46,47)48)24-50-39-17-16-31(42(49-58-30(6)51)35-14-10-11-15-40(35)56-19-18-55-7)22-36(39)37-23-38(33-12-8-9-13-34(33)43(37)50)44(52)41-28(4)20-27(3)21-29(41)5/h8-17,20-23,26,32H,18-19,24-25H2,1-7H3. The van der Waals surface area contributed by atoms with Gasteiger partial charge in [-0.1, -0.05) is 65.3 Å². The van der Waals surface area contributed by atoms with E-state index in [4.69, 9.17) is 23.2 Å². The Morgan fingerprint density at radius 1 is 0.817 bits per heavy atom. The molecule has 5 aromatic carbocycles. The van der Waals surface area contributed by atoms with Crippen molar-refractivity contribution in [2.75, 3.05) is 26.9 Å². The Labute approximate surface area is 345 Å². The van der Waals surface area contributed by atoms with Crippen molar-refractivity contribution in [1.29, 1.82) is 0 Å². The molecule has 11 nitrogen and oxygen atoms in total. The molecule has 0 aliphatic rings. The lowest BCUT2D eigenvalue weighted by Gasteiger charge is -2.22. The Bertz CT molecular complexity index is 2720. The van der Waals surface area contributed by atoms with Gasteiger partial charge in [0.25, 0.3) is 0 Å². The molecule has 0 aliphatic carbocycles. The smallest absolute Gasteiger partial charge is 0.490 e. The highest BCUT2D eigenvalue weighted by atomic mass is 32.2. The minimum atomic E-state index is -6.05. The quantitative estimate of drug-likeness (QED) is 0.0178. The fourth-order valence-corrected chi connectivity index (χ4v) is 7.98. The number of ketones is 1. The lowest BCUT2D eigenvalue weighted by atomic mass is 9.89. The highest BCUT2D eigenvalue weighted by Gasteiger charge is 2.48. The molecule has 0 saturated heterocycles. The zero-order valence-corrected chi connectivity index (χ0v) is 35.0. The number of carbonyl (C=O) groups is 2. The van der Waals surface area contributed by atoms with E-state index in [1.165, 1.54) is 6.92 Å². The van der Waals surface area contributed by atoms with Gasteiger partial charge in [-0.15, -0.1) is 0 Å². The van der Waals surface area contributed by atoms with Crippen LogP contribution in [0.5, 0.6) is 5.75 Å². The maximum atomic E-state index is 14.7. The number of fused-ring (bicyclic) bond motifs is 5. The van der Waals surface area contributed by atoms with Crippen molar-refractivity contribution in [3.05, 3.63) is 124 Å². The van der Waals surface area contributed by atoms with Crippen LogP contribution in [0.2, 0.25) is 0 Å². The van der Waals surface area contributed by atoms with Crippen molar-refractivity contribution in [2.24, 2.45) is 5.16 Å². The van der Waals surface area contributed by atoms with Crippen LogP contribution in [0.1, 0.15) is 64.5 Å². The van der Waals surface area contributed by atoms with E-state index >= 15 is 0 Å². The topological polar surface area (TPSA) is 132 Å². The molecule has 0 bridgehead atoms. The summed E-state index contributed by atoms with van der Waals surface area (Å²) in [6.45, 7) is 9.85. The van der Waals surface area contributed by atoms with Gasteiger partial charge in [0.15, 0.2) is 5.78 Å². The van der Waals surface area contributed by atoms with Crippen molar-refractivity contribution in [1.82, 2.24) is 4.57 Å². The van der Waals surface area contributed by atoms with E-state index in [9.17, 15) is 31.2 Å². The molecule has 15 heteroatoms. The van der Waals surface area contributed by atoms with Gasteiger partial charge in [0.1, 0.15) is 24.2 Å². The number of para-hydroxylation sites is 1. The molecular formula is C45H45F3N2O9S. The van der Waals surface area contributed by atoms with E-state index in [1.54, 1.807) is 98.3 Å². The summed E-state index contributed by atoms with van der Waals surface area (Å²) in [5.74, 6) is -0.494. The largest absolute Gasteiger partial charge is 0.523 e. The van der Waals surface area contributed by atoms with Crippen molar-refractivity contribution >= 4 is 60.2 Å². The van der Waals surface area contributed by atoms with E-state index in [0.717, 1.165) is 16.7 Å². The number of carbonyl (C=O) groups excluding carboxylic acids is 2.